The molecule has 3 heterocycles. The maximum atomic E-state index is 13.0. The molecule has 2 aromatic rings. The third kappa shape index (κ3) is 3.75. The lowest BCUT2D eigenvalue weighted by Gasteiger charge is -2.27. The molecule has 156 valence electrons. The van der Waals surface area contributed by atoms with Crippen LogP contribution in [0.25, 0.3) is 0 Å². The van der Waals surface area contributed by atoms with Crippen molar-refractivity contribution in [3.8, 4) is 0 Å². The van der Waals surface area contributed by atoms with E-state index in [1.807, 2.05) is 24.8 Å². The number of carbonyl (C=O) groups is 1. The van der Waals surface area contributed by atoms with Gasteiger partial charge in [0.15, 0.2) is 5.82 Å². The molecule has 0 aliphatic carbocycles. The molecule has 1 saturated heterocycles. The highest BCUT2D eigenvalue weighted by Crippen LogP contribution is 2.41. The molecule has 0 radical (unpaired) electrons. The van der Waals surface area contributed by atoms with Crippen LogP contribution in [0.4, 0.5) is 5.69 Å². The van der Waals surface area contributed by atoms with Gasteiger partial charge in [0.1, 0.15) is 6.33 Å². The first-order valence-electron chi connectivity index (χ1n) is 10.1. The molecule has 0 N–H and O–H groups in total. The Hall–Kier alpha value is -2.42. The van der Waals surface area contributed by atoms with Crippen LogP contribution in [0.1, 0.15) is 66.8 Å². The summed E-state index contributed by atoms with van der Waals surface area (Å²) in [6.45, 7) is 5.82. The standard InChI is InChI=1S/C20H27N5O3S/c1-14(2)24-13-21-19(22-24)17-12-25(29(3,27)28)18-8-7-15(11-16(17)18)20(26)23-9-5-4-6-10-23/h7-8,11,13-14,17H,4-6,9-10,12H2,1-3H3/t17-/m1/s1. The van der Waals surface area contributed by atoms with Crippen LogP contribution in [0.5, 0.6) is 0 Å². The third-order valence-corrected chi connectivity index (χ3v) is 6.82. The summed E-state index contributed by atoms with van der Waals surface area (Å²) in [5, 5.41) is 4.56. The van der Waals surface area contributed by atoms with E-state index in [0.29, 0.717) is 17.1 Å². The molecule has 0 saturated carbocycles. The first kappa shape index (κ1) is 19.9. The molecular weight excluding hydrogens is 390 g/mol. The van der Waals surface area contributed by atoms with Gasteiger partial charge in [0.2, 0.25) is 10.0 Å². The fourth-order valence-corrected chi connectivity index (χ4v) is 5.01. The number of hydrogen-bond acceptors (Lipinski definition) is 5. The number of anilines is 1. The number of hydrogen-bond donors (Lipinski definition) is 0. The molecule has 2 aliphatic rings. The molecule has 2 aliphatic heterocycles. The average Bonchev–Trinajstić information content (AvgIpc) is 3.32. The average molecular weight is 418 g/mol. The number of benzene rings is 1. The lowest BCUT2D eigenvalue weighted by molar-refractivity contribution is 0.0724. The van der Waals surface area contributed by atoms with E-state index in [9.17, 15) is 13.2 Å². The first-order chi connectivity index (χ1) is 13.8. The fraction of sp³-hybridized carbons (Fsp3) is 0.550. The topological polar surface area (TPSA) is 88.4 Å². The van der Waals surface area contributed by atoms with E-state index < -0.39 is 10.0 Å². The number of nitrogens with zero attached hydrogens (tertiary/aromatic N) is 5. The van der Waals surface area contributed by atoms with Crippen LogP contribution in [-0.2, 0) is 10.0 Å². The zero-order valence-electron chi connectivity index (χ0n) is 17.1. The van der Waals surface area contributed by atoms with Crippen molar-refractivity contribution in [1.82, 2.24) is 19.7 Å². The fourth-order valence-electron chi connectivity index (χ4n) is 4.07. The Balaban J connectivity index is 1.73. The van der Waals surface area contributed by atoms with Crippen molar-refractivity contribution < 1.29 is 13.2 Å². The maximum absolute atomic E-state index is 13.0. The number of aromatic nitrogens is 3. The largest absolute Gasteiger partial charge is 0.339 e. The van der Waals surface area contributed by atoms with Crippen LogP contribution in [0.3, 0.4) is 0 Å². The van der Waals surface area contributed by atoms with E-state index in [4.69, 9.17) is 0 Å². The van der Waals surface area contributed by atoms with E-state index in [-0.39, 0.29) is 24.4 Å². The van der Waals surface area contributed by atoms with Crippen LogP contribution in [0, 0.1) is 0 Å². The summed E-state index contributed by atoms with van der Waals surface area (Å²) in [7, 11) is -3.44. The normalized spacial score (nSPS) is 19.7. The zero-order chi connectivity index (χ0) is 20.8. The summed E-state index contributed by atoms with van der Waals surface area (Å²) in [5.74, 6) is 0.284. The molecule has 4 rings (SSSR count). The number of carbonyl (C=O) groups excluding carboxylic acids is 1. The molecule has 0 bridgehead atoms. The van der Waals surface area contributed by atoms with E-state index >= 15 is 0 Å². The molecule has 1 atom stereocenters. The Kier molecular flexibility index (Phi) is 5.10. The molecule has 29 heavy (non-hydrogen) atoms. The van der Waals surface area contributed by atoms with E-state index in [1.54, 1.807) is 23.1 Å². The van der Waals surface area contributed by atoms with E-state index in [0.717, 1.165) is 37.9 Å². The highest BCUT2D eigenvalue weighted by molar-refractivity contribution is 7.92. The molecule has 8 nitrogen and oxygen atoms in total. The molecular formula is C20H27N5O3S. The Bertz CT molecular complexity index is 1020. The highest BCUT2D eigenvalue weighted by Gasteiger charge is 2.37. The number of sulfonamides is 1. The zero-order valence-corrected chi connectivity index (χ0v) is 17.9. The van der Waals surface area contributed by atoms with E-state index in [2.05, 4.69) is 10.1 Å². The van der Waals surface area contributed by atoms with Crippen LogP contribution >= 0.6 is 0 Å². The van der Waals surface area contributed by atoms with Gasteiger partial charge in [-0.15, -0.1) is 0 Å². The summed E-state index contributed by atoms with van der Waals surface area (Å²) >= 11 is 0. The van der Waals surface area contributed by atoms with Gasteiger partial charge < -0.3 is 4.90 Å². The second-order valence-corrected chi connectivity index (χ2v) is 10.1. The predicted molar refractivity (Wildman–Crippen MR) is 111 cm³/mol. The molecule has 1 fully saturated rings. The summed E-state index contributed by atoms with van der Waals surface area (Å²) < 4.78 is 27.9. The number of piperidine rings is 1. The Morgan fingerprint density at radius 2 is 1.90 bits per heavy atom. The SMILES string of the molecule is CC(C)n1cnc([C@@H]2CN(S(C)(=O)=O)c3ccc(C(=O)N4CCCCC4)cc32)n1. The predicted octanol–water partition coefficient (Wildman–Crippen LogP) is 2.40. The summed E-state index contributed by atoms with van der Waals surface area (Å²) in [4.78, 5) is 19.3. The Morgan fingerprint density at radius 1 is 1.17 bits per heavy atom. The minimum Gasteiger partial charge on any atom is -0.339 e. The van der Waals surface area contributed by atoms with Crippen LogP contribution < -0.4 is 4.31 Å². The maximum Gasteiger partial charge on any atom is 0.253 e. The molecule has 0 spiro atoms. The minimum atomic E-state index is -3.44. The minimum absolute atomic E-state index is 0.00437. The van der Waals surface area contributed by atoms with Gasteiger partial charge in [-0.25, -0.2) is 13.4 Å². The molecule has 9 heteroatoms. The lowest BCUT2D eigenvalue weighted by atomic mass is 9.98. The van der Waals surface area contributed by atoms with Crippen molar-refractivity contribution in [3.05, 3.63) is 41.5 Å². The Labute approximate surface area is 171 Å². The number of amides is 1. The summed E-state index contributed by atoms with van der Waals surface area (Å²) in [6, 6.07) is 5.47. The quantitative estimate of drug-likeness (QED) is 0.762. The van der Waals surface area contributed by atoms with Gasteiger partial charge in [-0.2, -0.15) is 5.10 Å². The highest BCUT2D eigenvalue weighted by atomic mass is 32.2. The molecule has 1 aromatic heterocycles. The van der Waals surface area contributed by atoms with Crippen LogP contribution in [0.15, 0.2) is 24.5 Å². The van der Waals surface area contributed by atoms with Gasteiger partial charge >= 0.3 is 0 Å². The first-order valence-corrected chi connectivity index (χ1v) is 11.9. The summed E-state index contributed by atoms with van der Waals surface area (Å²) in [6.07, 6.45) is 6.08. The summed E-state index contributed by atoms with van der Waals surface area (Å²) in [5.41, 5.74) is 1.99. The monoisotopic (exact) mass is 417 g/mol. The van der Waals surface area contributed by atoms with Gasteiger partial charge in [-0.3, -0.25) is 13.8 Å². The molecule has 1 amide bonds. The number of fused-ring (bicyclic) bond motifs is 1. The second kappa shape index (κ2) is 7.44. The molecule has 1 aromatic carbocycles. The van der Waals surface area contributed by atoms with Crippen molar-refractivity contribution in [2.24, 2.45) is 0 Å². The number of likely N-dealkylation sites (tertiary alicyclic amines) is 1. The lowest BCUT2D eigenvalue weighted by Crippen LogP contribution is -2.35. The van der Waals surface area contributed by atoms with Crippen molar-refractivity contribution in [3.63, 3.8) is 0 Å². The second-order valence-electron chi connectivity index (χ2n) is 8.15. The van der Waals surface area contributed by atoms with Crippen molar-refractivity contribution in [2.45, 2.75) is 45.1 Å². The Morgan fingerprint density at radius 3 is 2.52 bits per heavy atom. The van der Waals surface area contributed by atoms with E-state index in [1.165, 1.54) is 10.6 Å². The van der Waals surface area contributed by atoms with Gasteiger partial charge in [0, 0.05) is 31.2 Å². The van der Waals surface area contributed by atoms with Crippen LogP contribution in [0.2, 0.25) is 0 Å². The van der Waals surface area contributed by atoms with Crippen molar-refractivity contribution in [1.29, 1.82) is 0 Å². The van der Waals surface area contributed by atoms with Gasteiger partial charge in [-0.05, 0) is 56.9 Å². The molecule has 0 unspecified atom stereocenters. The third-order valence-electron chi connectivity index (χ3n) is 5.68. The van der Waals surface area contributed by atoms with Crippen molar-refractivity contribution in [2.75, 3.05) is 30.2 Å². The van der Waals surface area contributed by atoms with Crippen LogP contribution in [-0.4, -0.2) is 59.9 Å². The smallest absolute Gasteiger partial charge is 0.253 e. The number of rotatable bonds is 4. The van der Waals surface area contributed by atoms with Gasteiger partial charge in [-0.1, -0.05) is 0 Å². The van der Waals surface area contributed by atoms with Gasteiger partial charge in [0.05, 0.1) is 17.9 Å². The van der Waals surface area contributed by atoms with Crippen molar-refractivity contribution >= 4 is 21.6 Å². The van der Waals surface area contributed by atoms with Gasteiger partial charge in [0.25, 0.3) is 5.91 Å².